The van der Waals surface area contributed by atoms with Crippen molar-refractivity contribution in [2.75, 3.05) is 5.73 Å². The van der Waals surface area contributed by atoms with Gasteiger partial charge in [-0.1, -0.05) is 24.3 Å². The number of hydrazine groups is 1. The number of fused-ring (bicyclic) bond motifs is 1. The molecular weight excluding hydrogens is 236 g/mol. The van der Waals surface area contributed by atoms with Gasteiger partial charge in [-0.25, -0.2) is 0 Å². The van der Waals surface area contributed by atoms with E-state index in [-0.39, 0.29) is 6.04 Å². The van der Waals surface area contributed by atoms with Crippen LogP contribution in [0.5, 0.6) is 0 Å². The van der Waals surface area contributed by atoms with Gasteiger partial charge in [0.05, 0.1) is 6.04 Å². The van der Waals surface area contributed by atoms with Gasteiger partial charge in [0.25, 0.3) is 0 Å². The Balaban J connectivity index is 1.88. The molecular formula is C15H18N4. The van der Waals surface area contributed by atoms with Crippen LogP contribution in [0.15, 0.2) is 42.7 Å². The van der Waals surface area contributed by atoms with Gasteiger partial charge in [-0.3, -0.25) is 16.3 Å². The molecule has 0 saturated heterocycles. The van der Waals surface area contributed by atoms with E-state index in [1.807, 2.05) is 12.3 Å². The van der Waals surface area contributed by atoms with Crippen molar-refractivity contribution >= 4 is 5.69 Å². The summed E-state index contributed by atoms with van der Waals surface area (Å²) in [6.07, 6.45) is 5.57. The second-order valence-electron chi connectivity index (χ2n) is 5.09. The quantitative estimate of drug-likeness (QED) is 0.574. The molecule has 5 N–H and O–H groups in total. The van der Waals surface area contributed by atoms with Crippen molar-refractivity contribution in [2.45, 2.75) is 18.9 Å². The van der Waals surface area contributed by atoms with E-state index in [0.717, 1.165) is 24.1 Å². The lowest BCUT2D eigenvalue weighted by Crippen LogP contribution is -2.34. The van der Waals surface area contributed by atoms with Crippen molar-refractivity contribution in [1.82, 2.24) is 10.4 Å². The van der Waals surface area contributed by atoms with Gasteiger partial charge in [0.2, 0.25) is 0 Å². The molecule has 2 aromatic rings. The summed E-state index contributed by atoms with van der Waals surface area (Å²) < 4.78 is 0. The predicted octanol–water partition coefficient (Wildman–Crippen LogP) is 1.58. The molecule has 0 fully saturated rings. The highest BCUT2D eigenvalue weighted by Crippen LogP contribution is 2.36. The van der Waals surface area contributed by atoms with Crippen molar-refractivity contribution in [3.8, 4) is 0 Å². The molecule has 0 spiro atoms. The third-order valence-corrected chi connectivity index (χ3v) is 3.96. The summed E-state index contributed by atoms with van der Waals surface area (Å²) in [5, 5.41) is 0. The van der Waals surface area contributed by atoms with Gasteiger partial charge in [-0.2, -0.15) is 0 Å². The van der Waals surface area contributed by atoms with Crippen LogP contribution < -0.4 is 17.0 Å². The van der Waals surface area contributed by atoms with E-state index in [1.165, 1.54) is 11.1 Å². The number of nitrogens with two attached hydrogens (primary N) is 2. The molecule has 0 bridgehead atoms. The summed E-state index contributed by atoms with van der Waals surface area (Å²) in [6, 6.07) is 10.4. The number of hydrogen-bond acceptors (Lipinski definition) is 4. The molecule has 1 atom stereocenters. The van der Waals surface area contributed by atoms with E-state index < -0.39 is 0 Å². The zero-order chi connectivity index (χ0) is 13.2. The molecule has 4 heteroatoms. The average Bonchev–Trinajstić information content (AvgIpc) is 2.85. The molecule has 1 aromatic carbocycles. The van der Waals surface area contributed by atoms with E-state index in [9.17, 15) is 0 Å². The monoisotopic (exact) mass is 254 g/mol. The molecule has 1 unspecified atom stereocenters. The molecule has 3 rings (SSSR count). The molecule has 0 radical (unpaired) electrons. The van der Waals surface area contributed by atoms with Gasteiger partial charge in [0, 0.05) is 23.6 Å². The third-order valence-electron chi connectivity index (χ3n) is 3.96. The summed E-state index contributed by atoms with van der Waals surface area (Å²) in [7, 11) is 0. The van der Waals surface area contributed by atoms with E-state index >= 15 is 0 Å². The van der Waals surface area contributed by atoms with Crippen molar-refractivity contribution in [2.24, 2.45) is 11.8 Å². The highest BCUT2D eigenvalue weighted by molar-refractivity contribution is 5.47. The summed E-state index contributed by atoms with van der Waals surface area (Å²) in [4.78, 5) is 4.16. The lowest BCUT2D eigenvalue weighted by Gasteiger charge is -2.23. The smallest absolute Gasteiger partial charge is 0.0530 e. The molecule has 1 aliphatic carbocycles. The van der Waals surface area contributed by atoms with E-state index in [1.54, 1.807) is 6.20 Å². The van der Waals surface area contributed by atoms with Crippen molar-refractivity contribution < 1.29 is 0 Å². The van der Waals surface area contributed by atoms with Gasteiger partial charge in [-0.15, -0.1) is 0 Å². The number of pyridine rings is 1. The molecule has 4 nitrogen and oxygen atoms in total. The number of aromatic nitrogens is 1. The maximum atomic E-state index is 6.03. The van der Waals surface area contributed by atoms with Crippen LogP contribution in [0.1, 0.15) is 22.7 Å². The first-order valence-corrected chi connectivity index (χ1v) is 6.52. The number of benzene rings is 1. The normalized spacial score (nSPS) is 16.3. The van der Waals surface area contributed by atoms with Gasteiger partial charge in [-0.05, 0) is 36.0 Å². The fourth-order valence-electron chi connectivity index (χ4n) is 2.99. The van der Waals surface area contributed by atoms with E-state index in [0.29, 0.717) is 5.92 Å². The molecule has 19 heavy (non-hydrogen) atoms. The summed E-state index contributed by atoms with van der Waals surface area (Å²) in [5.74, 6) is 6.18. The Kier molecular flexibility index (Phi) is 3.19. The van der Waals surface area contributed by atoms with Crippen LogP contribution in [-0.2, 0) is 12.8 Å². The Hall–Kier alpha value is -1.91. The van der Waals surface area contributed by atoms with Gasteiger partial charge in [0.1, 0.15) is 0 Å². The summed E-state index contributed by atoms with van der Waals surface area (Å²) in [5.41, 5.74) is 13.5. The van der Waals surface area contributed by atoms with Crippen LogP contribution in [0.3, 0.4) is 0 Å². The minimum Gasteiger partial charge on any atom is -0.398 e. The molecule has 1 aliphatic rings. The van der Waals surface area contributed by atoms with Crippen LogP contribution in [0.2, 0.25) is 0 Å². The first kappa shape index (κ1) is 12.1. The Morgan fingerprint density at radius 2 is 1.84 bits per heavy atom. The number of rotatable bonds is 3. The first-order chi connectivity index (χ1) is 9.29. The Bertz CT molecular complexity index is 557. The standard InChI is InChI=1S/C15H18N4/c16-14-5-6-18-9-13(14)15(19-17)12-7-10-3-1-2-4-11(10)8-12/h1-6,9,12,15,19H,7-8,17H2,(H2,16,18). The number of nitrogens with one attached hydrogen (secondary N) is 1. The largest absolute Gasteiger partial charge is 0.398 e. The van der Waals surface area contributed by atoms with Gasteiger partial charge >= 0.3 is 0 Å². The zero-order valence-corrected chi connectivity index (χ0v) is 10.7. The van der Waals surface area contributed by atoms with Crippen LogP contribution in [0.4, 0.5) is 5.69 Å². The fourth-order valence-corrected chi connectivity index (χ4v) is 2.99. The van der Waals surface area contributed by atoms with E-state index in [4.69, 9.17) is 11.6 Å². The highest BCUT2D eigenvalue weighted by Gasteiger charge is 2.29. The minimum absolute atomic E-state index is 0.0427. The maximum Gasteiger partial charge on any atom is 0.0530 e. The Morgan fingerprint density at radius 1 is 1.16 bits per heavy atom. The third kappa shape index (κ3) is 2.20. The Morgan fingerprint density at radius 3 is 2.42 bits per heavy atom. The second-order valence-corrected chi connectivity index (χ2v) is 5.09. The number of nitrogens with zero attached hydrogens (tertiary/aromatic N) is 1. The molecule has 0 amide bonds. The fraction of sp³-hybridized carbons (Fsp3) is 0.267. The average molecular weight is 254 g/mol. The lowest BCUT2D eigenvalue weighted by atomic mass is 9.91. The maximum absolute atomic E-state index is 6.03. The predicted molar refractivity (Wildman–Crippen MR) is 76.1 cm³/mol. The SMILES string of the molecule is NNC(c1cnccc1N)C1Cc2ccccc2C1. The molecule has 0 saturated carbocycles. The molecule has 98 valence electrons. The van der Waals surface area contributed by atoms with Gasteiger partial charge in [0.15, 0.2) is 0 Å². The zero-order valence-electron chi connectivity index (χ0n) is 10.7. The summed E-state index contributed by atoms with van der Waals surface area (Å²) in [6.45, 7) is 0. The second kappa shape index (κ2) is 4.99. The molecule has 1 heterocycles. The minimum atomic E-state index is 0.0427. The van der Waals surface area contributed by atoms with Gasteiger partial charge < -0.3 is 5.73 Å². The first-order valence-electron chi connectivity index (χ1n) is 6.52. The van der Waals surface area contributed by atoms with Crippen LogP contribution in [0, 0.1) is 5.92 Å². The number of hydrogen-bond donors (Lipinski definition) is 3. The summed E-state index contributed by atoms with van der Waals surface area (Å²) >= 11 is 0. The Labute approximate surface area is 112 Å². The molecule has 0 aliphatic heterocycles. The van der Waals surface area contributed by atoms with Crippen LogP contribution in [0.25, 0.3) is 0 Å². The number of anilines is 1. The topological polar surface area (TPSA) is 77.0 Å². The van der Waals surface area contributed by atoms with E-state index in [2.05, 4.69) is 34.7 Å². The van der Waals surface area contributed by atoms with Crippen LogP contribution in [-0.4, -0.2) is 4.98 Å². The number of nitrogen functional groups attached to an aromatic ring is 1. The highest BCUT2D eigenvalue weighted by atomic mass is 15.2. The lowest BCUT2D eigenvalue weighted by molar-refractivity contribution is 0.380. The van der Waals surface area contributed by atoms with Crippen molar-refractivity contribution in [1.29, 1.82) is 0 Å². The molecule has 1 aromatic heterocycles. The van der Waals surface area contributed by atoms with Crippen molar-refractivity contribution in [3.05, 3.63) is 59.4 Å². The van der Waals surface area contributed by atoms with Crippen LogP contribution >= 0.6 is 0 Å². The van der Waals surface area contributed by atoms with Crippen molar-refractivity contribution in [3.63, 3.8) is 0 Å².